The van der Waals surface area contributed by atoms with E-state index in [4.69, 9.17) is 14.2 Å². The van der Waals surface area contributed by atoms with Crippen LogP contribution in [-0.2, 0) is 33.4 Å². The fraction of sp³-hybridized carbons (Fsp3) is 0.667. The molecule has 0 aromatic heterocycles. The van der Waals surface area contributed by atoms with Crippen molar-refractivity contribution in [2.45, 2.75) is 77.8 Å². The molecule has 3 aliphatic rings. The Morgan fingerprint density at radius 3 is 2.36 bits per heavy atom. The number of Topliss-reactive ketones (excluding diaryl/α,β-unsaturated/α-hetero) is 1. The largest absolute Gasteiger partial charge is 0.462 e. The van der Waals surface area contributed by atoms with Gasteiger partial charge in [-0.3, -0.25) is 19.2 Å². The summed E-state index contributed by atoms with van der Waals surface area (Å²) in [5.74, 6) is -4.96. The smallest absolute Gasteiger partial charge is 0.312 e. The first-order valence-corrected chi connectivity index (χ1v) is 11.2. The minimum Gasteiger partial charge on any atom is -0.462 e. The molecule has 2 N–H and O–H groups in total. The topological polar surface area (TPSA) is 136 Å². The van der Waals surface area contributed by atoms with Gasteiger partial charge in [-0.05, 0) is 38.3 Å². The molecule has 1 aliphatic heterocycles. The first-order valence-electron chi connectivity index (χ1n) is 11.2. The number of carbonyl (C=O) groups excluding carboxylic acids is 4. The summed E-state index contributed by atoms with van der Waals surface area (Å²) in [6.07, 6.45) is 1.12. The first-order chi connectivity index (χ1) is 15.4. The second-order valence-corrected chi connectivity index (χ2v) is 9.49. The van der Waals surface area contributed by atoms with E-state index in [1.54, 1.807) is 26.0 Å². The maximum atomic E-state index is 14.2. The first kappa shape index (κ1) is 25.1. The molecule has 1 heterocycles. The fourth-order valence-electron chi connectivity index (χ4n) is 5.48. The molecule has 9 nitrogen and oxygen atoms in total. The van der Waals surface area contributed by atoms with Crippen LogP contribution in [0.4, 0.5) is 0 Å². The van der Waals surface area contributed by atoms with Crippen LogP contribution in [0.1, 0.15) is 53.9 Å². The number of hydrogen-bond acceptors (Lipinski definition) is 9. The predicted molar refractivity (Wildman–Crippen MR) is 114 cm³/mol. The predicted octanol–water partition coefficient (Wildman–Crippen LogP) is 1.40. The highest BCUT2D eigenvalue weighted by Gasteiger charge is 2.65. The average molecular weight is 465 g/mol. The third-order valence-corrected chi connectivity index (χ3v) is 7.36. The van der Waals surface area contributed by atoms with Crippen LogP contribution in [-0.4, -0.2) is 64.4 Å². The lowest BCUT2D eigenvalue weighted by Gasteiger charge is -2.51. The highest BCUT2D eigenvalue weighted by molar-refractivity contribution is 5.99. The third-order valence-electron chi connectivity index (χ3n) is 7.36. The monoisotopic (exact) mass is 464 g/mol. The van der Waals surface area contributed by atoms with Gasteiger partial charge in [0.15, 0.2) is 17.5 Å². The molecular formula is C24H32O9. The Hall–Kier alpha value is -2.52. The van der Waals surface area contributed by atoms with E-state index in [0.717, 1.165) is 5.57 Å². The molecule has 0 saturated carbocycles. The summed E-state index contributed by atoms with van der Waals surface area (Å²) < 4.78 is 16.7. The van der Waals surface area contributed by atoms with Crippen LogP contribution < -0.4 is 0 Å². The number of fused-ring (bicyclic) bond motifs is 2. The van der Waals surface area contributed by atoms with Crippen LogP contribution >= 0.6 is 0 Å². The number of esters is 3. The zero-order valence-corrected chi connectivity index (χ0v) is 19.6. The molecule has 0 spiro atoms. The van der Waals surface area contributed by atoms with Crippen LogP contribution in [0.3, 0.4) is 0 Å². The number of allylic oxidation sites excluding steroid dienone is 1. The van der Waals surface area contributed by atoms with Gasteiger partial charge >= 0.3 is 17.9 Å². The van der Waals surface area contributed by atoms with E-state index in [1.165, 1.54) is 20.8 Å². The normalized spacial score (nSPS) is 38.8. The van der Waals surface area contributed by atoms with Crippen LogP contribution in [0.5, 0.6) is 0 Å². The van der Waals surface area contributed by atoms with Crippen LogP contribution in [0, 0.1) is 17.3 Å². The number of aliphatic hydroxyl groups excluding tert-OH is 1. The zero-order valence-electron chi connectivity index (χ0n) is 19.6. The Morgan fingerprint density at radius 1 is 1.18 bits per heavy atom. The second-order valence-electron chi connectivity index (χ2n) is 9.49. The molecule has 0 amide bonds. The van der Waals surface area contributed by atoms with Gasteiger partial charge in [-0.25, -0.2) is 0 Å². The zero-order chi connectivity index (χ0) is 24.7. The van der Waals surface area contributed by atoms with Gasteiger partial charge in [0.25, 0.3) is 0 Å². The van der Waals surface area contributed by atoms with Gasteiger partial charge in [0, 0.05) is 20.3 Å². The van der Waals surface area contributed by atoms with Gasteiger partial charge < -0.3 is 24.4 Å². The van der Waals surface area contributed by atoms with Crippen molar-refractivity contribution in [2.75, 3.05) is 6.61 Å². The number of carbonyl (C=O) groups is 4. The quantitative estimate of drug-likeness (QED) is 0.361. The van der Waals surface area contributed by atoms with Crippen molar-refractivity contribution in [3.63, 3.8) is 0 Å². The summed E-state index contributed by atoms with van der Waals surface area (Å²) in [6, 6.07) is 0. The number of rotatable bonds is 3. The van der Waals surface area contributed by atoms with Crippen molar-refractivity contribution in [2.24, 2.45) is 17.3 Å². The summed E-state index contributed by atoms with van der Waals surface area (Å²) in [5.41, 5.74) is -2.48. The van der Waals surface area contributed by atoms with Gasteiger partial charge in [-0.2, -0.15) is 0 Å². The molecule has 0 bridgehead atoms. The number of ether oxygens (including phenoxy) is 3. The van der Waals surface area contributed by atoms with Crippen LogP contribution in [0.2, 0.25) is 0 Å². The van der Waals surface area contributed by atoms with Gasteiger partial charge in [-0.15, -0.1) is 0 Å². The highest BCUT2D eigenvalue weighted by atomic mass is 16.6. The van der Waals surface area contributed by atoms with E-state index in [-0.39, 0.29) is 6.42 Å². The summed E-state index contributed by atoms with van der Waals surface area (Å²) >= 11 is 0. The van der Waals surface area contributed by atoms with Gasteiger partial charge in [0.1, 0.15) is 12.2 Å². The molecule has 1 fully saturated rings. The Kier molecular flexibility index (Phi) is 6.87. The Bertz CT molecular complexity index is 919. The minimum absolute atomic E-state index is 0.190. The Balaban J connectivity index is 2.29. The van der Waals surface area contributed by atoms with Crippen molar-refractivity contribution in [3.05, 3.63) is 23.3 Å². The molecule has 2 aliphatic carbocycles. The maximum absolute atomic E-state index is 14.2. The molecule has 9 heteroatoms. The lowest BCUT2D eigenvalue weighted by atomic mass is 9.56. The molecule has 7 unspecified atom stereocenters. The molecule has 0 aromatic carbocycles. The molecule has 0 radical (unpaired) electrons. The molecule has 7 atom stereocenters. The Labute approximate surface area is 192 Å². The maximum Gasteiger partial charge on any atom is 0.312 e. The van der Waals surface area contributed by atoms with Crippen LogP contribution in [0.15, 0.2) is 23.3 Å². The fourth-order valence-corrected chi connectivity index (χ4v) is 5.48. The van der Waals surface area contributed by atoms with E-state index in [1.807, 2.05) is 0 Å². The van der Waals surface area contributed by atoms with E-state index in [2.05, 4.69) is 0 Å². The summed E-state index contributed by atoms with van der Waals surface area (Å²) in [4.78, 5) is 50.6. The molecule has 0 aromatic rings. The molecule has 3 rings (SSSR count). The summed E-state index contributed by atoms with van der Waals surface area (Å²) in [6.45, 7) is 6.87. The highest BCUT2D eigenvalue weighted by Crippen LogP contribution is 2.52. The molecule has 1 saturated heterocycles. The second kappa shape index (κ2) is 9.02. The lowest BCUT2D eigenvalue weighted by Crippen LogP contribution is -2.62. The van der Waals surface area contributed by atoms with Crippen molar-refractivity contribution in [1.82, 2.24) is 0 Å². The van der Waals surface area contributed by atoms with Crippen molar-refractivity contribution < 1.29 is 43.6 Å². The molecule has 33 heavy (non-hydrogen) atoms. The van der Waals surface area contributed by atoms with E-state index >= 15 is 0 Å². The SMILES string of the molecule is CC(=O)OC1CC=C(CO)C2C(=O)C3(O)C(C=C(C)CCC(OC(C)=O)C12C)OC(=O)C3C. The summed E-state index contributed by atoms with van der Waals surface area (Å²) in [5, 5.41) is 21.8. The average Bonchev–Trinajstić information content (AvgIpc) is 2.95. The lowest BCUT2D eigenvalue weighted by molar-refractivity contribution is -0.187. The van der Waals surface area contributed by atoms with Gasteiger partial charge in [0.05, 0.1) is 23.9 Å². The van der Waals surface area contributed by atoms with Gasteiger partial charge in [-0.1, -0.05) is 18.6 Å². The van der Waals surface area contributed by atoms with E-state index < -0.39 is 71.5 Å². The number of ketones is 1. The van der Waals surface area contributed by atoms with Crippen molar-refractivity contribution in [3.8, 4) is 0 Å². The minimum atomic E-state index is -2.21. The van der Waals surface area contributed by atoms with E-state index in [9.17, 15) is 29.4 Å². The third kappa shape index (κ3) is 4.12. The van der Waals surface area contributed by atoms with Crippen LogP contribution in [0.25, 0.3) is 0 Å². The van der Waals surface area contributed by atoms with Crippen molar-refractivity contribution in [1.29, 1.82) is 0 Å². The molecule has 182 valence electrons. The van der Waals surface area contributed by atoms with Gasteiger partial charge in [0.2, 0.25) is 0 Å². The van der Waals surface area contributed by atoms with Crippen molar-refractivity contribution >= 4 is 23.7 Å². The molecular weight excluding hydrogens is 432 g/mol. The van der Waals surface area contributed by atoms with E-state index in [0.29, 0.717) is 18.4 Å². The number of hydrogen-bond donors (Lipinski definition) is 2. The standard InChI is InChI=1S/C24H32O9/c1-12-6-8-17(31-14(3)26)23(5)18(32-15(4)27)9-7-16(11-25)20(23)21(28)24(30)13(2)22(29)33-19(24)10-12/h7,10,13,17-20,25,30H,6,8-9,11H2,1-5H3. The number of aliphatic hydroxyl groups is 2. The summed E-state index contributed by atoms with van der Waals surface area (Å²) in [7, 11) is 0. The Morgan fingerprint density at radius 2 is 1.79 bits per heavy atom.